The fourth-order valence-electron chi connectivity index (χ4n) is 1.67. The summed E-state index contributed by atoms with van der Waals surface area (Å²) in [5.41, 5.74) is 9.31. The van der Waals surface area contributed by atoms with Crippen molar-refractivity contribution in [2.45, 2.75) is 6.92 Å². The van der Waals surface area contributed by atoms with E-state index < -0.39 is 0 Å². The van der Waals surface area contributed by atoms with Crippen LogP contribution in [0.1, 0.15) is 11.1 Å². The van der Waals surface area contributed by atoms with Gasteiger partial charge in [-0.05, 0) is 36.8 Å². The van der Waals surface area contributed by atoms with Gasteiger partial charge in [0.05, 0.1) is 10.7 Å². The van der Waals surface area contributed by atoms with Gasteiger partial charge in [-0.15, -0.1) is 0 Å². The second kappa shape index (κ2) is 5.38. The van der Waals surface area contributed by atoms with Crippen LogP contribution in [0.4, 0.5) is 11.4 Å². The van der Waals surface area contributed by atoms with Crippen molar-refractivity contribution in [3.8, 4) is 0 Å². The first-order chi connectivity index (χ1) is 8.58. The summed E-state index contributed by atoms with van der Waals surface area (Å²) in [7, 11) is 0. The topological polar surface area (TPSA) is 38.0 Å². The van der Waals surface area contributed by atoms with E-state index in [1.165, 1.54) is 0 Å². The number of para-hydroxylation sites is 1. The van der Waals surface area contributed by atoms with E-state index in [1.807, 2.05) is 49.4 Å². The van der Waals surface area contributed by atoms with E-state index in [-0.39, 0.29) is 0 Å². The molecule has 0 saturated heterocycles. The molecule has 0 unspecified atom stereocenters. The predicted octanol–water partition coefficient (Wildman–Crippen LogP) is 4.03. The normalized spacial score (nSPS) is 10.1. The number of hydrogen-bond acceptors (Lipinski definition) is 2. The third-order valence-electron chi connectivity index (χ3n) is 2.59. The molecule has 0 bridgehead atoms. The zero-order valence-electron chi connectivity index (χ0n) is 9.91. The van der Waals surface area contributed by atoms with E-state index in [1.54, 1.807) is 0 Å². The molecule has 92 valence electrons. The Morgan fingerprint density at radius 1 is 1.17 bits per heavy atom. The molecule has 2 aromatic rings. The van der Waals surface area contributed by atoms with Crippen LogP contribution >= 0.6 is 23.8 Å². The second-order valence-corrected chi connectivity index (χ2v) is 4.87. The molecular weight excluding hydrogens is 264 g/mol. The molecule has 0 fully saturated rings. The third kappa shape index (κ3) is 2.81. The van der Waals surface area contributed by atoms with Crippen molar-refractivity contribution < 1.29 is 0 Å². The minimum atomic E-state index is 0.362. The predicted molar refractivity (Wildman–Crippen MR) is 81.8 cm³/mol. The Balaban J connectivity index is 2.37. The maximum Gasteiger partial charge on any atom is 0.106 e. The molecule has 0 amide bonds. The average molecular weight is 277 g/mol. The first-order valence-electron chi connectivity index (χ1n) is 5.50. The van der Waals surface area contributed by atoms with Gasteiger partial charge in [-0.2, -0.15) is 0 Å². The molecule has 3 N–H and O–H groups in total. The van der Waals surface area contributed by atoms with Crippen LogP contribution in [0.15, 0.2) is 42.5 Å². The zero-order chi connectivity index (χ0) is 13.1. The zero-order valence-corrected chi connectivity index (χ0v) is 11.5. The maximum atomic E-state index is 6.18. The summed E-state index contributed by atoms with van der Waals surface area (Å²) in [6, 6.07) is 13.5. The summed E-state index contributed by atoms with van der Waals surface area (Å²) in [6.45, 7) is 2.00. The summed E-state index contributed by atoms with van der Waals surface area (Å²) < 4.78 is 0. The summed E-state index contributed by atoms with van der Waals surface area (Å²) >= 11 is 11.2. The van der Waals surface area contributed by atoms with Crippen LogP contribution in [0, 0.1) is 6.92 Å². The van der Waals surface area contributed by atoms with E-state index in [0.717, 1.165) is 22.5 Å². The molecule has 0 aliphatic rings. The lowest BCUT2D eigenvalue weighted by Gasteiger charge is -2.12. The van der Waals surface area contributed by atoms with Crippen LogP contribution in [0.2, 0.25) is 5.02 Å². The molecule has 0 aliphatic heterocycles. The Hall–Kier alpha value is -1.58. The van der Waals surface area contributed by atoms with Crippen molar-refractivity contribution in [1.29, 1.82) is 0 Å². The van der Waals surface area contributed by atoms with Gasteiger partial charge < -0.3 is 11.1 Å². The molecule has 2 rings (SSSR count). The monoisotopic (exact) mass is 276 g/mol. The molecule has 2 nitrogen and oxygen atoms in total. The molecule has 0 saturated carbocycles. The molecule has 0 aromatic heterocycles. The van der Waals surface area contributed by atoms with E-state index in [4.69, 9.17) is 29.6 Å². The Labute approximate surface area is 117 Å². The molecule has 4 heteroatoms. The highest BCUT2D eigenvalue weighted by Crippen LogP contribution is 2.27. The van der Waals surface area contributed by atoms with Crippen LogP contribution in [0.5, 0.6) is 0 Å². The number of halogens is 1. The third-order valence-corrected chi connectivity index (χ3v) is 3.12. The van der Waals surface area contributed by atoms with Crippen molar-refractivity contribution in [3.63, 3.8) is 0 Å². The maximum absolute atomic E-state index is 6.18. The Morgan fingerprint density at radius 3 is 2.56 bits per heavy atom. The number of rotatable bonds is 3. The van der Waals surface area contributed by atoms with Crippen molar-refractivity contribution in [2.75, 3.05) is 5.32 Å². The highest BCUT2D eigenvalue weighted by molar-refractivity contribution is 7.80. The molecule has 0 spiro atoms. The molecule has 18 heavy (non-hydrogen) atoms. The SMILES string of the molecule is Cc1ccc(Nc2ccccc2C(N)=S)c(Cl)c1. The van der Waals surface area contributed by atoms with Crippen LogP contribution in [-0.2, 0) is 0 Å². The molecular formula is C14H13ClN2S. The number of hydrogen-bond donors (Lipinski definition) is 2. The fourth-order valence-corrected chi connectivity index (χ4v) is 2.13. The summed E-state index contributed by atoms with van der Waals surface area (Å²) in [5.74, 6) is 0. The minimum Gasteiger partial charge on any atom is -0.389 e. The van der Waals surface area contributed by atoms with Gasteiger partial charge in [0.2, 0.25) is 0 Å². The van der Waals surface area contributed by atoms with Gasteiger partial charge in [-0.3, -0.25) is 0 Å². The number of benzene rings is 2. The van der Waals surface area contributed by atoms with Crippen molar-refractivity contribution >= 4 is 40.2 Å². The molecule has 0 heterocycles. The van der Waals surface area contributed by atoms with Crippen molar-refractivity contribution in [1.82, 2.24) is 0 Å². The van der Waals surface area contributed by atoms with Gasteiger partial charge in [0, 0.05) is 11.3 Å². The number of anilines is 2. The summed E-state index contributed by atoms with van der Waals surface area (Å²) in [5, 5.41) is 3.92. The lowest BCUT2D eigenvalue weighted by atomic mass is 10.1. The Kier molecular flexibility index (Phi) is 3.84. The molecule has 0 aliphatic carbocycles. The van der Waals surface area contributed by atoms with Crippen LogP contribution in [0.3, 0.4) is 0 Å². The molecule has 2 aromatic carbocycles. The highest BCUT2D eigenvalue weighted by atomic mass is 35.5. The molecule has 0 radical (unpaired) electrons. The van der Waals surface area contributed by atoms with Gasteiger partial charge in [-0.25, -0.2) is 0 Å². The lowest BCUT2D eigenvalue weighted by molar-refractivity contribution is 1.45. The van der Waals surface area contributed by atoms with Crippen LogP contribution < -0.4 is 11.1 Å². The number of thiocarbonyl (C=S) groups is 1. The van der Waals surface area contributed by atoms with E-state index in [9.17, 15) is 0 Å². The van der Waals surface area contributed by atoms with Crippen LogP contribution in [-0.4, -0.2) is 4.99 Å². The largest absolute Gasteiger partial charge is 0.389 e. The van der Waals surface area contributed by atoms with Gasteiger partial charge in [-0.1, -0.05) is 42.0 Å². The average Bonchev–Trinajstić information content (AvgIpc) is 2.33. The van der Waals surface area contributed by atoms with Gasteiger partial charge >= 0.3 is 0 Å². The first kappa shape index (κ1) is 12.9. The smallest absolute Gasteiger partial charge is 0.106 e. The van der Waals surface area contributed by atoms with Gasteiger partial charge in [0.1, 0.15) is 4.99 Å². The van der Waals surface area contributed by atoms with E-state index in [2.05, 4.69) is 5.32 Å². The second-order valence-electron chi connectivity index (χ2n) is 4.02. The van der Waals surface area contributed by atoms with Crippen LogP contribution in [0.25, 0.3) is 0 Å². The Bertz CT molecular complexity index is 596. The van der Waals surface area contributed by atoms with E-state index >= 15 is 0 Å². The fraction of sp³-hybridized carbons (Fsp3) is 0.0714. The van der Waals surface area contributed by atoms with Crippen molar-refractivity contribution in [2.24, 2.45) is 5.73 Å². The molecule has 0 atom stereocenters. The Morgan fingerprint density at radius 2 is 1.89 bits per heavy atom. The number of aryl methyl sites for hydroxylation is 1. The van der Waals surface area contributed by atoms with Gasteiger partial charge in [0.15, 0.2) is 0 Å². The first-order valence-corrected chi connectivity index (χ1v) is 6.28. The number of nitrogens with one attached hydrogen (secondary N) is 1. The summed E-state index contributed by atoms with van der Waals surface area (Å²) in [4.78, 5) is 0.362. The highest BCUT2D eigenvalue weighted by Gasteiger charge is 2.06. The lowest BCUT2D eigenvalue weighted by Crippen LogP contribution is -2.11. The standard InChI is InChI=1S/C14H13ClN2S/c1-9-6-7-13(11(15)8-9)17-12-5-3-2-4-10(12)14(16)18/h2-8,17H,1H3,(H2,16,18). The minimum absolute atomic E-state index is 0.362. The van der Waals surface area contributed by atoms with Crippen molar-refractivity contribution in [3.05, 3.63) is 58.6 Å². The van der Waals surface area contributed by atoms with E-state index in [0.29, 0.717) is 10.0 Å². The van der Waals surface area contributed by atoms with Gasteiger partial charge in [0.25, 0.3) is 0 Å². The quantitative estimate of drug-likeness (QED) is 0.832. The number of nitrogens with two attached hydrogens (primary N) is 1. The summed E-state index contributed by atoms with van der Waals surface area (Å²) in [6.07, 6.45) is 0.